The molecule has 31 heavy (non-hydrogen) atoms. The van der Waals surface area contributed by atoms with Crippen LogP contribution in [0.25, 0.3) is 17.2 Å². The zero-order valence-electron chi connectivity index (χ0n) is 16.7. The van der Waals surface area contributed by atoms with E-state index < -0.39 is 0 Å². The number of thioether (sulfide) groups is 1. The number of amides is 2. The highest BCUT2D eigenvalue weighted by atomic mass is 32.2. The Morgan fingerprint density at radius 3 is 2.19 bits per heavy atom. The van der Waals surface area contributed by atoms with Gasteiger partial charge in [-0.2, -0.15) is 0 Å². The number of benzene rings is 3. The molecular weight excluding hydrogens is 424 g/mol. The third kappa shape index (κ3) is 5.29. The van der Waals surface area contributed by atoms with Crippen LogP contribution in [0.2, 0.25) is 0 Å². The monoisotopic (exact) mass is 444 g/mol. The molecule has 6 heteroatoms. The fourth-order valence-corrected chi connectivity index (χ4v) is 4.51. The maximum Gasteiger partial charge on any atom is 0.266 e. The van der Waals surface area contributed by atoms with Crippen molar-refractivity contribution < 1.29 is 9.59 Å². The standard InChI is InChI=1S/C25H20N2O2S2/c28-23(26-21-9-5-2-6-10-21)15-16-27-24(29)22(31-25(27)30)17-18-11-13-20(14-12-18)19-7-3-1-4-8-19/h1-14,17H,15-16H2,(H,26,28)/b22-17-. The lowest BCUT2D eigenvalue weighted by molar-refractivity contribution is -0.122. The summed E-state index contributed by atoms with van der Waals surface area (Å²) in [7, 11) is 0. The SMILES string of the molecule is O=C(CCN1C(=O)/C(=C/c2ccc(-c3ccccc3)cc2)SC1=S)Nc1ccccc1. The number of hydrogen-bond donors (Lipinski definition) is 1. The van der Waals surface area contributed by atoms with Crippen LogP contribution in [0.1, 0.15) is 12.0 Å². The molecule has 1 aliphatic rings. The summed E-state index contributed by atoms with van der Waals surface area (Å²) in [6, 6.07) is 27.4. The summed E-state index contributed by atoms with van der Waals surface area (Å²) in [4.78, 5) is 27.1. The van der Waals surface area contributed by atoms with Gasteiger partial charge in [-0.1, -0.05) is 96.8 Å². The van der Waals surface area contributed by atoms with E-state index in [2.05, 4.69) is 17.4 Å². The van der Waals surface area contributed by atoms with Crippen molar-refractivity contribution in [2.24, 2.45) is 0 Å². The van der Waals surface area contributed by atoms with Crippen molar-refractivity contribution in [1.82, 2.24) is 4.90 Å². The van der Waals surface area contributed by atoms with Gasteiger partial charge in [0.15, 0.2) is 0 Å². The number of para-hydroxylation sites is 1. The van der Waals surface area contributed by atoms with Crippen LogP contribution in [0.3, 0.4) is 0 Å². The minimum atomic E-state index is -0.158. The Bertz CT molecular complexity index is 1130. The summed E-state index contributed by atoms with van der Waals surface area (Å²) in [5.74, 6) is -0.310. The average molecular weight is 445 g/mol. The molecule has 0 atom stereocenters. The molecule has 1 fully saturated rings. The Kier molecular flexibility index (Phi) is 6.60. The van der Waals surface area contributed by atoms with Crippen LogP contribution in [0, 0.1) is 0 Å². The highest BCUT2D eigenvalue weighted by Gasteiger charge is 2.32. The van der Waals surface area contributed by atoms with Crippen molar-refractivity contribution in [2.45, 2.75) is 6.42 Å². The molecule has 0 radical (unpaired) electrons. The Labute approximate surface area is 191 Å². The molecule has 154 valence electrons. The molecule has 0 spiro atoms. The second kappa shape index (κ2) is 9.73. The van der Waals surface area contributed by atoms with E-state index in [0.29, 0.717) is 9.23 Å². The Morgan fingerprint density at radius 1 is 0.903 bits per heavy atom. The van der Waals surface area contributed by atoms with Crippen molar-refractivity contribution in [3.05, 3.63) is 95.4 Å². The van der Waals surface area contributed by atoms with E-state index in [1.165, 1.54) is 16.7 Å². The van der Waals surface area contributed by atoms with E-state index in [1.807, 2.05) is 78.9 Å². The fourth-order valence-electron chi connectivity index (χ4n) is 3.20. The van der Waals surface area contributed by atoms with Gasteiger partial charge in [0.2, 0.25) is 5.91 Å². The molecule has 1 heterocycles. The molecule has 1 N–H and O–H groups in total. The second-order valence-corrected chi connectivity index (χ2v) is 8.66. The predicted molar refractivity (Wildman–Crippen MR) is 131 cm³/mol. The van der Waals surface area contributed by atoms with Crippen molar-refractivity contribution in [2.75, 3.05) is 11.9 Å². The Hall–Kier alpha value is -3.22. The van der Waals surface area contributed by atoms with Gasteiger partial charge in [0.1, 0.15) is 4.32 Å². The Morgan fingerprint density at radius 2 is 1.52 bits per heavy atom. The molecule has 3 aromatic rings. The van der Waals surface area contributed by atoms with Crippen molar-refractivity contribution >= 4 is 51.9 Å². The van der Waals surface area contributed by atoms with Crippen molar-refractivity contribution in [3.63, 3.8) is 0 Å². The van der Waals surface area contributed by atoms with Gasteiger partial charge in [-0.15, -0.1) is 0 Å². The van der Waals surface area contributed by atoms with Gasteiger partial charge in [0.25, 0.3) is 5.91 Å². The van der Waals surface area contributed by atoms with E-state index in [4.69, 9.17) is 12.2 Å². The first kappa shape index (κ1) is 21.0. The summed E-state index contributed by atoms with van der Waals surface area (Å²) in [6.45, 7) is 0.258. The Balaban J connectivity index is 1.38. The first-order valence-electron chi connectivity index (χ1n) is 9.86. The molecule has 0 aliphatic carbocycles. The molecule has 4 rings (SSSR count). The zero-order valence-corrected chi connectivity index (χ0v) is 18.3. The molecule has 3 aromatic carbocycles. The van der Waals surface area contributed by atoms with Gasteiger partial charge in [-0.3, -0.25) is 14.5 Å². The number of anilines is 1. The van der Waals surface area contributed by atoms with Crippen LogP contribution >= 0.6 is 24.0 Å². The highest BCUT2D eigenvalue weighted by Crippen LogP contribution is 2.33. The van der Waals surface area contributed by atoms with Crippen LogP contribution in [-0.4, -0.2) is 27.6 Å². The number of nitrogens with one attached hydrogen (secondary N) is 1. The van der Waals surface area contributed by atoms with E-state index in [0.717, 1.165) is 22.4 Å². The number of carbonyl (C=O) groups excluding carboxylic acids is 2. The van der Waals surface area contributed by atoms with Gasteiger partial charge in [-0.25, -0.2) is 0 Å². The van der Waals surface area contributed by atoms with E-state index in [-0.39, 0.29) is 24.8 Å². The van der Waals surface area contributed by atoms with Crippen LogP contribution in [0.15, 0.2) is 89.8 Å². The van der Waals surface area contributed by atoms with Gasteiger partial charge >= 0.3 is 0 Å². The van der Waals surface area contributed by atoms with Gasteiger partial charge in [-0.05, 0) is 34.9 Å². The smallest absolute Gasteiger partial charge is 0.266 e. The first-order valence-corrected chi connectivity index (χ1v) is 11.1. The molecule has 2 amide bonds. The quantitative estimate of drug-likeness (QED) is 0.398. The minimum absolute atomic E-state index is 0.152. The third-order valence-corrected chi connectivity index (χ3v) is 6.19. The summed E-state index contributed by atoms with van der Waals surface area (Å²) in [5, 5.41) is 2.82. The normalized spacial score (nSPS) is 14.8. The molecule has 0 unspecified atom stereocenters. The topological polar surface area (TPSA) is 49.4 Å². The van der Waals surface area contributed by atoms with Gasteiger partial charge < -0.3 is 5.32 Å². The third-order valence-electron chi connectivity index (χ3n) is 4.81. The van der Waals surface area contributed by atoms with Crippen molar-refractivity contribution in [3.8, 4) is 11.1 Å². The van der Waals surface area contributed by atoms with Crippen molar-refractivity contribution in [1.29, 1.82) is 0 Å². The molecule has 0 saturated carbocycles. The number of carbonyl (C=O) groups is 2. The van der Waals surface area contributed by atoms with E-state index >= 15 is 0 Å². The summed E-state index contributed by atoms with van der Waals surface area (Å²) < 4.78 is 0.477. The molecular formula is C25H20N2O2S2. The van der Waals surface area contributed by atoms with Gasteiger partial charge in [0, 0.05) is 18.7 Å². The zero-order chi connectivity index (χ0) is 21.6. The molecule has 1 aliphatic heterocycles. The lowest BCUT2D eigenvalue weighted by atomic mass is 10.0. The highest BCUT2D eigenvalue weighted by molar-refractivity contribution is 8.26. The number of hydrogen-bond acceptors (Lipinski definition) is 4. The predicted octanol–water partition coefficient (Wildman–Crippen LogP) is 5.58. The van der Waals surface area contributed by atoms with Gasteiger partial charge in [0.05, 0.1) is 4.91 Å². The number of nitrogens with zero attached hydrogens (tertiary/aromatic N) is 1. The number of thiocarbonyl (C=S) groups is 1. The minimum Gasteiger partial charge on any atom is -0.326 e. The molecule has 0 aromatic heterocycles. The summed E-state index contributed by atoms with van der Waals surface area (Å²) in [6.07, 6.45) is 2.03. The maximum absolute atomic E-state index is 12.8. The largest absolute Gasteiger partial charge is 0.326 e. The van der Waals surface area contributed by atoms with Crippen LogP contribution in [-0.2, 0) is 9.59 Å². The van der Waals surface area contributed by atoms with Crippen LogP contribution < -0.4 is 5.32 Å². The van der Waals surface area contributed by atoms with Crippen LogP contribution in [0.4, 0.5) is 5.69 Å². The maximum atomic E-state index is 12.8. The number of rotatable bonds is 6. The lowest BCUT2D eigenvalue weighted by Crippen LogP contribution is -2.31. The lowest BCUT2D eigenvalue weighted by Gasteiger charge is -2.14. The summed E-state index contributed by atoms with van der Waals surface area (Å²) >= 11 is 6.64. The molecule has 1 saturated heterocycles. The summed E-state index contributed by atoms with van der Waals surface area (Å²) in [5.41, 5.74) is 3.93. The van der Waals surface area contributed by atoms with Crippen LogP contribution in [0.5, 0.6) is 0 Å². The van der Waals surface area contributed by atoms with E-state index in [9.17, 15) is 9.59 Å². The first-order chi connectivity index (χ1) is 15.1. The fraction of sp³-hybridized carbons (Fsp3) is 0.0800. The average Bonchev–Trinajstić information content (AvgIpc) is 3.06. The molecule has 4 nitrogen and oxygen atoms in total. The van der Waals surface area contributed by atoms with E-state index in [1.54, 1.807) is 0 Å². The second-order valence-electron chi connectivity index (χ2n) is 6.99. The molecule has 0 bridgehead atoms.